The number of fused-ring (bicyclic) bond motifs is 1. The van der Waals surface area contributed by atoms with Crippen molar-refractivity contribution in [3.63, 3.8) is 0 Å². The van der Waals surface area contributed by atoms with Crippen LogP contribution >= 0.6 is 35.3 Å². The Labute approximate surface area is 173 Å². The second-order valence-corrected chi connectivity index (χ2v) is 9.28. The second kappa shape index (κ2) is 9.12. The van der Waals surface area contributed by atoms with E-state index in [1.807, 2.05) is 32.2 Å². The van der Waals surface area contributed by atoms with E-state index in [1.165, 1.54) is 11.8 Å². The minimum Gasteiger partial charge on any atom is -0.337 e. The molecule has 0 N–H and O–H groups in total. The van der Waals surface area contributed by atoms with Crippen LogP contribution in [0.5, 0.6) is 0 Å². The minimum absolute atomic E-state index is 0.0356. The van der Waals surface area contributed by atoms with Gasteiger partial charge in [0, 0.05) is 20.0 Å². The molecule has 0 unspecified atom stereocenters. The molecule has 0 radical (unpaired) electrons. The molecule has 1 saturated heterocycles. The van der Waals surface area contributed by atoms with Gasteiger partial charge < -0.3 is 4.90 Å². The molecule has 2 heterocycles. The molecule has 1 aromatic carbocycles. The summed E-state index contributed by atoms with van der Waals surface area (Å²) < 4.78 is 1.83. The third-order valence-corrected chi connectivity index (χ3v) is 7.39. The van der Waals surface area contributed by atoms with Crippen molar-refractivity contribution >= 4 is 61.7 Å². The maximum Gasteiger partial charge on any atom is 0.238 e. The van der Waals surface area contributed by atoms with Crippen LogP contribution in [0.4, 0.5) is 0 Å². The first kappa shape index (κ1) is 20.2. The molecule has 144 valence electrons. The van der Waals surface area contributed by atoms with Gasteiger partial charge >= 0.3 is 0 Å². The van der Waals surface area contributed by atoms with Gasteiger partial charge in [0.1, 0.15) is 9.33 Å². The fourth-order valence-corrected chi connectivity index (χ4v) is 5.13. The Morgan fingerprint density at radius 3 is 2.81 bits per heavy atom. The minimum atomic E-state index is -0.0356. The summed E-state index contributed by atoms with van der Waals surface area (Å²) in [5.74, 6) is 0.696. The first-order valence-electron chi connectivity index (χ1n) is 9.05. The zero-order chi connectivity index (χ0) is 19.4. The highest BCUT2D eigenvalue weighted by molar-refractivity contribution is 8.23. The number of aromatic nitrogens is 1. The zero-order valence-electron chi connectivity index (χ0n) is 15.5. The van der Waals surface area contributed by atoms with Gasteiger partial charge in [-0.2, -0.15) is 0 Å². The van der Waals surface area contributed by atoms with Gasteiger partial charge in [0.15, 0.2) is 0 Å². The molecule has 1 aliphatic rings. The van der Waals surface area contributed by atoms with Crippen LogP contribution in [0.25, 0.3) is 10.2 Å². The van der Waals surface area contributed by atoms with Gasteiger partial charge in [-0.25, -0.2) is 4.98 Å². The summed E-state index contributed by atoms with van der Waals surface area (Å²) in [6.07, 6.45) is 3.11. The van der Waals surface area contributed by atoms with E-state index in [0.29, 0.717) is 23.0 Å². The third kappa shape index (κ3) is 4.86. The predicted molar refractivity (Wildman–Crippen MR) is 116 cm³/mol. The molecule has 0 bridgehead atoms. The van der Waals surface area contributed by atoms with E-state index in [0.717, 1.165) is 34.5 Å². The number of unbranched alkanes of at least 4 members (excludes halogenated alkanes) is 2. The van der Waals surface area contributed by atoms with Crippen molar-refractivity contribution in [1.82, 2.24) is 14.8 Å². The van der Waals surface area contributed by atoms with E-state index in [9.17, 15) is 9.59 Å². The quantitative estimate of drug-likeness (QED) is 0.471. The van der Waals surface area contributed by atoms with Crippen molar-refractivity contribution in [3.05, 3.63) is 29.3 Å². The van der Waals surface area contributed by atoms with E-state index in [-0.39, 0.29) is 17.9 Å². The molecule has 1 aromatic heterocycles. The van der Waals surface area contributed by atoms with Crippen molar-refractivity contribution in [2.75, 3.05) is 19.3 Å². The normalized spacial score (nSPS) is 15.6. The van der Waals surface area contributed by atoms with Crippen LogP contribution in [-0.2, 0) is 9.59 Å². The third-order valence-electron chi connectivity index (χ3n) is 4.76. The molecule has 0 spiro atoms. The molecule has 2 amide bonds. The summed E-state index contributed by atoms with van der Waals surface area (Å²) in [6.45, 7) is 2.68. The lowest BCUT2D eigenvalue weighted by Crippen LogP contribution is -2.30. The molecular formula is C19H23N3O2S3. The molecule has 8 heteroatoms. The van der Waals surface area contributed by atoms with Gasteiger partial charge in [-0.05, 0) is 31.9 Å². The van der Waals surface area contributed by atoms with Crippen LogP contribution in [0.2, 0.25) is 0 Å². The van der Waals surface area contributed by atoms with E-state index in [1.54, 1.807) is 21.1 Å². The Bertz CT molecular complexity index is 803. The van der Waals surface area contributed by atoms with E-state index in [4.69, 9.17) is 12.2 Å². The summed E-state index contributed by atoms with van der Waals surface area (Å²) in [4.78, 5) is 32.3. The number of hydrogen-bond donors (Lipinski definition) is 0. The van der Waals surface area contributed by atoms with Gasteiger partial charge in [-0.15, -0.1) is 11.3 Å². The molecule has 5 nitrogen and oxygen atoms in total. The average molecular weight is 422 g/mol. The first-order chi connectivity index (χ1) is 13.0. The number of carbonyl (C=O) groups is 2. The van der Waals surface area contributed by atoms with Crippen LogP contribution in [0.15, 0.2) is 24.3 Å². The maximum absolute atomic E-state index is 12.5. The van der Waals surface area contributed by atoms with Crippen molar-refractivity contribution in [2.24, 2.45) is 0 Å². The summed E-state index contributed by atoms with van der Waals surface area (Å²) in [6, 6.07) is 8.00. The Balaban J connectivity index is 1.43. The number of para-hydroxylation sites is 1. The van der Waals surface area contributed by atoms with Gasteiger partial charge in [0.25, 0.3) is 0 Å². The molecule has 0 saturated carbocycles. The molecule has 2 aromatic rings. The Morgan fingerprint density at radius 1 is 1.33 bits per heavy atom. The number of thiocarbonyl (C=S) groups is 1. The van der Waals surface area contributed by atoms with Crippen LogP contribution in [0.1, 0.15) is 43.7 Å². The van der Waals surface area contributed by atoms with Gasteiger partial charge in [-0.1, -0.05) is 42.5 Å². The van der Waals surface area contributed by atoms with Crippen LogP contribution in [0, 0.1) is 0 Å². The lowest BCUT2D eigenvalue weighted by molar-refractivity contribution is -0.132. The summed E-state index contributed by atoms with van der Waals surface area (Å²) in [5, 5.41) is 0.964. The van der Waals surface area contributed by atoms with E-state index in [2.05, 4.69) is 11.1 Å². The fourth-order valence-electron chi connectivity index (χ4n) is 2.95. The number of hydrogen-bond acceptors (Lipinski definition) is 6. The smallest absolute Gasteiger partial charge is 0.238 e. The van der Waals surface area contributed by atoms with Crippen molar-refractivity contribution in [3.8, 4) is 0 Å². The highest BCUT2D eigenvalue weighted by Gasteiger charge is 2.25. The van der Waals surface area contributed by atoms with Gasteiger partial charge in [0.05, 0.1) is 22.0 Å². The molecule has 3 rings (SSSR count). The molecule has 1 fully saturated rings. The van der Waals surface area contributed by atoms with E-state index < -0.39 is 0 Å². The molecular weight excluding hydrogens is 398 g/mol. The van der Waals surface area contributed by atoms with Gasteiger partial charge in [0.2, 0.25) is 11.8 Å². The highest BCUT2D eigenvalue weighted by Crippen LogP contribution is 2.29. The predicted octanol–water partition coefficient (Wildman–Crippen LogP) is 4.24. The number of thioether (sulfide) groups is 1. The molecule has 0 aliphatic carbocycles. The number of benzene rings is 1. The average Bonchev–Trinajstić information content (AvgIpc) is 3.24. The molecule has 27 heavy (non-hydrogen) atoms. The van der Waals surface area contributed by atoms with Crippen molar-refractivity contribution in [2.45, 2.75) is 38.6 Å². The van der Waals surface area contributed by atoms with Crippen LogP contribution in [0.3, 0.4) is 0 Å². The van der Waals surface area contributed by atoms with Crippen molar-refractivity contribution in [1.29, 1.82) is 0 Å². The standard InChI is InChI=1S/C19H23N3O2S3/c1-13(18-20-14-8-5-6-9-15(14)27-18)21(2)16(23)10-4-3-7-11-22-17(24)12-26-19(22)25/h5-6,8-9,13H,3-4,7,10-12H2,1-2H3/t13-/m1/s1. The van der Waals surface area contributed by atoms with Crippen LogP contribution < -0.4 is 0 Å². The molecule has 1 aliphatic heterocycles. The molecule has 1 atom stereocenters. The second-order valence-electron chi connectivity index (χ2n) is 6.61. The topological polar surface area (TPSA) is 53.5 Å². The number of carbonyl (C=O) groups excluding carboxylic acids is 2. The highest BCUT2D eigenvalue weighted by atomic mass is 32.2. The Morgan fingerprint density at radius 2 is 2.11 bits per heavy atom. The lowest BCUT2D eigenvalue weighted by Gasteiger charge is -2.23. The number of amides is 2. The number of rotatable bonds is 8. The largest absolute Gasteiger partial charge is 0.337 e. The van der Waals surface area contributed by atoms with Crippen molar-refractivity contribution < 1.29 is 9.59 Å². The Kier molecular flexibility index (Phi) is 6.83. The zero-order valence-corrected chi connectivity index (χ0v) is 18.0. The lowest BCUT2D eigenvalue weighted by atomic mass is 10.1. The summed E-state index contributed by atoms with van der Waals surface area (Å²) in [7, 11) is 1.84. The number of thiazole rings is 1. The number of nitrogens with zero attached hydrogens (tertiary/aromatic N) is 3. The fraction of sp³-hybridized carbons (Fsp3) is 0.474. The first-order valence-corrected chi connectivity index (χ1v) is 11.3. The SMILES string of the molecule is C[C@H](c1nc2ccccc2s1)N(C)C(=O)CCCCCN1C(=O)CSC1=S. The summed E-state index contributed by atoms with van der Waals surface area (Å²) >= 11 is 8.24. The van der Waals surface area contributed by atoms with Gasteiger partial charge in [-0.3, -0.25) is 14.5 Å². The summed E-state index contributed by atoms with van der Waals surface area (Å²) in [5.41, 5.74) is 0.984. The van der Waals surface area contributed by atoms with E-state index >= 15 is 0 Å². The Hall–Kier alpha value is -1.51. The maximum atomic E-state index is 12.5. The monoisotopic (exact) mass is 421 g/mol. The van der Waals surface area contributed by atoms with Crippen LogP contribution in [-0.4, -0.2) is 50.3 Å².